The number of nitrogens with zero attached hydrogens (tertiary/aromatic N) is 1. The van der Waals surface area contributed by atoms with Gasteiger partial charge < -0.3 is 5.32 Å². The Morgan fingerprint density at radius 2 is 1.70 bits per heavy atom. The van der Waals surface area contributed by atoms with Crippen LogP contribution in [0.2, 0.25) is 0 Å². The minimum absolute atomic E-state index is 0.0521. The van der Waals surface area contributed by atoms with Gasteiger partial charge in [0.25, 0.3) is 5.91 Å². The van der Waals surface area contributed by atoms with Crippen molar-refractivity contribution in [3.63, 3.8) is 0 Å². The van der Waals surface area contributed by atoms with Gasteiger partial charge >= 0.3 is 0 Å². The largest absolute Gasteiger partial charge is 0.326 e. The average Bonchev–Trinajstić information content (AvgIpc) is 2.38. The Morgan fingerprint density at radius 1 is 1.10 bits per heavy atom. The van der Waals surface area contributed by atoms with Gasteiger partial charge in [-0.3, -0.25) is 9.59 Å². The summed E-state index contributed by atoms with van der Waals surface area (Å²) in [4.78, 5) is 23.3. The molecule has 0 atom stereocenters. The maximum absolute atomic E-state index is 11.8. The first-order valence-corrected chi connectivity index (χ1v) is 6.64. The molecule has 108 valence electrons. The number of benzene rings is 1. The van der Waals surface area contributed by atoms with E-state index in [1.165, 1.54) is 0 Å². The van der Waals surface area contributed by atoms with Gasteiger partial charge in [-0.15, -0.1) is 0 Å². The van der Waals surface area contributed by atoms with Crippen LogP contribution in [0.5, 0.6) is 0 Å². The first-order chi connectivity index (χ1) is 9.40. The van der Waals surface area contributed by atoms with Crippen LogP contribution in [-0.4, -0.2) is 18.0 Å². The van der Waals surface area contributed by atoms with E-state index < -0.39 is 0 Å². The van der Waals surface area contributed by atoms with Crippen molar-refractivity contribution in [2.75, 3.05) is 5.32 Å². The number of carbonyl (C=O) groups excluding carboxylic acids is 2. The molecular weight excluding hydrogens is 254 g/mol. The van der Waals surface area contributed by atoms with Crippen LogP contribution in [0, 0.1) is 11.8 Å². The van der Waals surface area contributed by atoms with Gasteiger partial charge in [-0.05, 0) is 30.2 Å². The van der Waals surface area contributed by atoms with E-state index in [0.29, 0.717) is 11.3 Å². The molecule has 2 N–H and O–H groups in total. The maximum Gasteiger partial charge on any atom is 0.271 e. The summed E-state index contributed by atoms with van der Waals surface area (Å²) in [5.41, 5.74) is 3.62. The Hall–Kier alpha value is -2.17. The van der Waals surface area contributed by atoms with Crippen molar-refractivity contribution in [1.29, 1.82) is 0 Å². The van der Waals surface area contributed by atoms with Gasteiger partial charge in [-0.25, -0.2) is 5.43 Å². The zero-order chi connectivity index (χ0) is 15.1. The number of amides is 2. The van der Waals surface area contributed by atoms with Gasteiger partial charge in [0.15, 0.2) is 0 Å². The Morgan fingerprint density at radius 3 is 2.20 bits per heavy atom. The average molecular weight is 275 g/mol. The lowest BCUT2D eigenvalue weighted by molar-refractivity contribution is -0.118. The van der Waals surface area contributed by atoms with Crippen molar-refractivity contribution in [1.82, 2.24) is 5.43 Å². The second-order valence-corrected chi connectivity index (χ2v) is 5.18. The Bertz CT molecular complexity index is 490. The first kappa shape index (κ1) is 15.9. The zero-order valence-electron chi connectivity index (χ0n) is 12.3. The molecule has 0 aliphatic rings. The molecule has 0 saturated heterocycles. The number of rotatable bonds is 5. The zero-order valence-corrected chi connectivity index (χ0v) is 12.3. The van der Waals surface area contributed by atoms with Crippen LogP contribution in [0.25, 0.3) is 0 Å². The normalized spacial score (nSPS) is 11.1. The molecule has 0 spiro atoms. The molecule has 2 amide bonds. The fourth-order valence-corrected chi connectivity index (χ4v) is 1.30. The minimum Gasteiger partial charge on any atom is -0.326 e. The highest BCUT2D eigenvalue weighted by molar-refractivity contribution is 5.96. The van der Waals surface area contributed by atoms with Crippen LogP contribution in [0.3, 0.4) is 0 Å². The quantitative estimate of drug-likeness (QED) is 0.640. The van der Waals surface area contributed by atoms with E-state index in [4.69, 9.17) is 0 Å². The molecule has 0 heterocycles. The maximum atomic E-state index is 11.8. The van der Waals surface area contributed by atoms with Gasteiger partial charge in [0, 0.05) is 23.4 Å². The van der Waals surface area contributed by atoms with Crippen LogP contribution >= 0.6 is 0 Å². The van der Waals surface area contributed by atoms with Crippen molar-refractivity contribution >= 4 is 23.7 Å². The van der Waals surface area contributed by atoms with E-state index in [0.717, 1.165) is 0 Å². The molecule has 20 heavy (non-hydrogen) atoms. The third kappa shape index (κ3) is 5.22. The topological polar surface area (TPSA) is 70.6 Å². The van der Waals surface area contributed by atoms with Crippen LogP contribution < -0.4 is 10.7 Å². The van der Waals surface area contributed by atoms with Crippen molar-refractivity contribution in [3.05, 3.63) is 29.8 Å². The minimum atomic E-state index is -0.274. The third-order valence-corrected chi connectivity index (χ3v) is 2.48. The first-order valence-electron chi connectivity index (χ1n) is 6.64. The Kier molecular flexibility index (Phi) is 5.90. The Labute approximate surface area is 119 Å². The van der Waals surface area contributed by atoms with E-state index in [9.17, 15) is 9.59 Å². The van der Waals surface area contributed by atoms with Crippen molar-refractivity contribution < 1.29 is 9.59 Å². The van der Waals surface area contributed by atoms with Gasteiger partial charge in [0.05, 0.1) is 0 Å². The van der Waals surface area contributed by atoms with E-state index >= 15 is 0 Å². The van der Waals surface area contributed by atoms with E-state index in [-0.39, 0.29) is 23.7 Å². The number of nitrogens with one attached hydrogen (secondary N) is 2. The molecular formula is C15H21N3O2. The molecule has 0 aliphatic carbocycles. The molecule has 0 bridgehead atoms. The lowest BCUT2D eigenvalue weighted by atomic mass is 10.1. The molecule has 5 heteroatoms. The van der Waals surface area contributed by atoms with Gasteiger partial charge in [0.2, 0.25) is 5.91 Å². The van der Waals surface area contributed by atoms with Crippen LogP contribution in [-0.2, 0) is 4.79 Å². The SMILES string of the molecule is CC(C)C=NNC(=O)c1ccc(NC(=O)C(C)C)cc1. The highest BCUT2D eigenvalue weighted by Gasteiger charge is 2.08. The number of hydrogen-bond donors (Lipinski definition) is 2. The van der Waals surface area contributed by atoms with Crippen molar-refractivity contribution in [2.45, 2.75) is 27.7 Å². The van der Waals surface area contributed by atoms with Crippen molar-refractivity contribution in [2.24, 2.45) is 16.9 Å². The predicted molar refractivity (Wildman–Crippen MR) is 80.7 cm³/mol. The molecule has 0 fully saturated rings. The number of hydrogen-bond acceptors (Lipinski definition) is 3. The lowest BCUT2D eigenvalue weighted by Crippen LogP contribution is -2.19. The lowest BCUT2D eigenvalue weighted by Gasteiger charge is -2.08. The summed E-state index contributed by atoms with van der Waals surface area (Å²) >= 11 is 0. The summed E-state index contributed by atoms with van der Waals surface area (Å²) < 4.78 is 0. The van der Waals surface area contributed by atoms with Crippen LogP contribution in [0.1, 0.15) is 38.1 Å². The number of carbonyl (C=O) groups is 2. The standard InChI is InChI=1S/C15H21N3O2/c1-10(2)9-16-18-15(20)12-5-7-13(8-6-12)17-14(19)11(3)4/h5-11H,1-4H3,(H,17,19)(H,18,20). The summed E-state index contributed by atoms with van der Waals surface area (Å²) in [5, 5.41) is 6.61. The highest BCUT2D eigenvalue weighted by Crippen LogP contribution is 2.11. The molecule has 5 nitrogen and oxygen atoms in total. The molecule has 1 aromatic carbocycles. The highest BCUT2D eigenvalue weighted by atomic mass is 16.2. The van der Waals surface area contributed by atoms with E-state index in [1.807, 2.05) is 27.7 Å². The summed E-state index contributed by atoms with van der Waals surface area (Å²) in [6.45, 7) is 7.59. The predicted octanol–water partition coefficient (Wildman–Crippen LogP) is 2.65. The Balaban J connectivity index is 2.62. The van der Waals surface area contributed by atoms with Gasteiger partial charge in [0.1, 0.15) is 0 Å². The molecule has 0 saturated carbocycles. The summed E-state index contributed by atoms with van der Waals surface area (Å²) in [6, 6.07) is 6.69. The van der Waals surface area contributed by atoms with E-state index in [1.54, 1.807) is 30.5 Å². The monoisotopic (exact) mass is 275 g/mol. The molecule has 0 unspecified atom stereocenters. The molecule has 0 radical (unpaired) electrons. The van der Waals surface area contributed by atoms with Crippen LogP contribution in [0.15, 0.2) is 29.4 Å². The van der Waals surface area contributed by atoms with Gasteiger partial charge in [-0.1, -0.05) is 27.7 Å². The fraction of sp³-hybridized carbons (Fsp3) is 0.400. The second-order valence-electron chi connectivity index (χ2n) is 5.18. The number of hydrazone groups is 1. The van der Waals surface area contributed by atoms with Crippen LogP contribution in [0.4, 0.5) is 5.69 Å². The summed E-state index contributed by atoms with van der Waals surface area (Å²) in [5.74, 6) is -0.125. The molecule has 0 aromatic heterocycles. The smallest absolute Gasteiger partial charge is 0.271 e. The summed E-state index contributed by atoms with van der Waals surface area (Å²) in [7, 11) is 0. The molecule has 1 aromatic rings. The molecule has 1 rings (SSSR count). The number of anilines is 1. The summed E-state index contributed by atoms with van der Waals surface area (Å²) in [6.07, 6.45) is 1.66. The third-order valence-electron chi connectivity index (χ3n) is 2.48. The van der Waals surface area contributed by atoms with Crippen molar-refractivity contribution in [3.8, 4) is 0 Å². The second kappa shape index (κ2) is 7.43. The molecule has 0 aliphatic heterocycles. The van der Waals surface area contributed by atoms with Gasteiger partial charge in [-0.2, -0.15) is 5.10 Å². The van der Waals surface area contributed by atoms with E-state index in [2.05, 4.69) is 15.8 Å². The fourth-order valence-electron chi connectivity index (χ4n) is 1.30.